The maximum Gasteiger partial charge on any atom is 0.434 e. The number of carbonyl (C=O) groups is 1. The maximum atomic E-state index is 16.6. The van der Waals surface area contributed by atoms with Crippen molar-refractivity contribution in [2.24, 2.45) is 5.92 Å². The van der Waals surface area contributed by atoms with Crippen LogP contribution in [0.2, 0.25) is 5.02 Å². The van der Waals surface area contributed by atoms with Crippen LogP contribution in [0.4, 0.5) is 19.0 Å². The SMILES string of the molecule is C=CC(=O)N1CC(/C=[N+](/C)c2nc(OCC34CCCN3CCC4)nc3c(F)c(-c4cccc5ccc(F)c(Cl)c45)ncc23)[C@H](F)C1. The molecule has 1 amide bonds. The fraction of sp³-hybridized carbons (Fsp3) is 0.382. The standard InChI is InChI=1S/C34H33ClF3N6O2/c1-3-26(45)43-17-21(25(37)18-43)16-42(2)32-23-15-39-30(22-8-4-7-20-9-10-24(36)28(35)27(20)22)29(38)31(23)40-33(41-32)46-19-34-11-5-13-44(34)14-6-12-34/h3-4,7-10,15-16,21,25H,1,5-6,11-14,17-19H2,2H3/q+1/b42-16-/t21?,25-/m1/s1. The molecule has 238 valence electrons. The summed E-state index contributed by atoms with van der Waals surface area (Å²) in [6, 6.07) is 7.96. The Labute approximate surface area is 269 Å². The van der Waals surface area contributed by atoms with Crippen molar-refractivity contribution in [3.63, 3.8) is 0 Å². The third kappa shape index (κ3) is 5.19. The number of rotatable bonds is 7. The first-order valence-electron chi connectivity index (χ1n) is 15.4. The number of pyridine rings is 1. The molecule has 3 aliphatic rings. The minimum Gasteiger partial charge on any atom is -0.443 e. The number of hydrogen-bond donors (Lipinski definition) is 0. The zero-order valence-electron chi connectivity index (χ0n) is 25.4. The molecule has 5 heterocycles. The normalized spacial score (nSPS) is 21.3. The van der Waals surface area contributed by atoms with Crippen molar-refractivity contribution in [1.29, 1.82) is 0 Å². The lowest BCUT2D eigenvalue weighted by Crippen LogP contribution is -2.43. The van der Waals surface area contributed by atoms with Gasteiger partial charge in [-0.3, -0.25) is 14.7 Å². The number of nitrogens with zero attached hydrogens (tertiary/aromatic N) is 6. The molecule has 2 aromatic heterocycles. The van der Waals surface area contributed by atoms with Crippen molar-refractivity contribution in [3.8, 4) is 17.3 Å². The molecule has 8 nitrogen and oxygen atoms in total. The van der Waals surface area contributed by atoms with Gasteiger partial charge in [0.15, 0.2) is 5.82 Å². The van der Waals surface area contributed by atoms with Crippen LogP contribution in [-0.4, -0.2) is 93.0 Å². The molecule has 46 heavy (non-hydrogen) atoms. The lowest BCUT2D eigenvalue weighted by Gasteiger charge is -2.30. The summed E-state index contributed by atoms with van der Waals surface area (Å²) in [5.74, 6) is -2.08. The molecule has 0 bridgehead atoms. The predicted octanol–water partition coefficient (Wildman–Crippen LogP) is 6.11. The van der Waals surface area contributed by atoms with Crippen LogP contribution < -0.4 is 4.74 Å². The molecular weight excluding hydrogens is 617 g/mol. The summed E-state index contributed by atoms with van der Waals surface area (Å²) >= 11 is 6.38. The summed E-state index contributed by atoms with van der Waals surface area (Å²) in [6.45, 7) is 6.00. The van der Waals surface area contributed by atoms with Crippen LogP contribution in [0.25, 0.3) is 32.9 Å². The monoisotopic (exact) mass is 649 g/mol. The molecule has 3 saturated heterocycles. The summed E-state index contributed by atoms with van der Waals surface area (Å²) in [6.07, 6.45) is 7.12. The van der Waals surface area contributed by atoms with Crippen molar-refractivity contribution in [2.75, 3.05) is 39.8 Å². The molecule has 0 aliphatic carbocycles. The third-order valence-electron chi connectivity index (χ3n) is 9.64. The largest absolute Gasteiger partial charge is 0.443 e. The van der Waals surface area contributed by atoms with Gasteiger partial charge in [0.1, 0.15) is 35.2 Å². The first kappa shape index (κ1) is 30.6. The molecular formula is C34H33ClF3N6O2+. The van der Waals surface area contributed by atoms with Gasteiger partial charge in [-0.15, -0.1) is 0 Å². The van der Waals surface area contributed by atoms with Gasteiger partial charge in [-0.25, -0.2) is 17.7 Å². The number of fused-ring (bicyclic) bond motifs is 3. The third-order valence-corrected chi connectivity index (χ3v) is 10.0. The smallest absolute Gasteiger partial charge is 0.434 e. The Bertz CT molecular complexity index is 1910. The fourth-order valence-corrected chi connectivity index (χ4v) is 7.58. The minimum atomic E-state index is -1.30. The van der Waals surface area contributed by atoms with Gasteiger partial charge in [0, 0.05) is 28.7 Å². The molecule has 2 aromatic carbocycles. The second-order valence-electron chi connectivity index (χ2n) is 12.4. The Morgan fingerprint density at radius 3 is 2.72 bits per heavy atom. The van der Waals surface area contributed by atoms with Crippen LogP contribution in [-0.2, 0) is 4.79 Å². The van der Waals surface area contributed by atoms with Crippen LogP contribution in [0.5, 0.6) is 6.01 Å². The van der Waals surface area contributed by atoms with E-state index in [9.17, 15) is 9.18 Å². The number of aromatic nitrogens is 3. The number of amides is 1. The highest BCUT2D eigenvalue weighted by molar-refractivity contribution is 6.36. The van der Waals surface area contributed by atoms with E-state index in [1.165, 1.54) is 23.2 Å². The maximum absolute atomic E-state index is 16.6. The van der Waals surface area contributed by atoms with Gasteiger partial charge in [0.05, 0.1) is 36.3 Å². The Balaban J connectivity index is 1.34. The molecule has 7 rings (SSSR count). The average Bonchev–Trinajstić information content (AvgIpc) is 3.75. The quantitative estimate of drug-likeness (QED) is 0.137. The van der Waals surface area contributed by atoms with Crippen LogP contribution in [0.15, 0.2) is 49.2 Å². The number of carbonyl (C=O) groups excluding carboxylic acids is 1. The molecule has 3 fully saturated rings. The molecule has 4 aromatic rings. The van der Waals surface area contributed by atoms with Gasteiger partial charge in [0.25, 0.3) is 0 Å². The van der Waals surface area contributed by atoms with Gasteiger partial charge >= 0.3 is 11.8 Å². The van der Waals surface area contributed by atoms with E-state index in [2.05, 4.69) is 26.4 Å². The van der Waals surface area contributed by atoms with Crippen LogP contribution in [0, 0.1) is 17.6 Å². The highest BCUT2D eigenvalue weighted by Gasteiger charge is 2.45. The van der Waals surface area contributed by atoms with Crippen molar-refractivity contribution < 1.29 is 27.3 Å². The van der Waals surface area contributed by atoms with Crippen molar-refractivity contribution >= 4 is 51.2 Å². The number of hydrogen-bond acceptors (Lipinski definition) is 6. The Morgan fingerprint density at radius 2 is 1.96 bits per heavy atom. The number of likely N-dealkylation sites (tertiary alicyclic amines) is 1. The molecule has 12 heteroatoms. The van der Waals surface area contributed by atoms with E-state index in [-0.39, 0.29) is 58.0 Å². The van der Waals surface area contributed by atoms with Gasteiger partial charge in [0.2, 0.25) is 5.91 Å². The fourth-order valence-electron chi connectivity index (χ4n) is 7.31. The first-order valence-corrected chi connectivity index (χ1v) is 15.8. The zero-order chi connectivity index (χ0) is 32.2. The summed E-state index contributed by atoms with van der Waals surface area (Å²) < 4.78 is 54.1. The highest BCUT2D eigenvalue weighted by atomic mass is 35.5. The topological polar surface area (TPSA) is 74.5 Å². The Hall–Kier alpha value is -4.09. The number of ether oxygens (including phenoxy) is 1. The zero-order valence-corrected chi connectivity index (χ0v) is 26.1. The number of benzene rings is 2. The molecule has 0 N–H and O–H groups in total. The van der Waals surface area contributed by atoms with E-state index < -0.39 is 23.7 Å². The lowest BCUT2D eigenvalue weighted by atomic mass is 9.95. The first-order chi connectivity index (χ1) is 22.2. The van der Waals surface area contributed by atoms with E-state index in [0.29, 0.717) is 22.9 Å². The summed E-state index contributed by atoms with van der Waals surface area (Å²) in [7, 11) is 1.68. The van der Waals surface area contributed by atoms with Crippen LogP contribution in [0.3, 0.4) is 0 Å². The van der Waals surface area contributed by atoms with Crippen LogP contribution >= 0.6 is 11.6 Å². The van der Waals surface area contributed by atoms with E-state index in [1.807, 2.05) is 0 Å². The molecule has 2 atom stereocenters. The summed E-state index contributed by atoms with van der Waals surface area (Å²) in [5, 5.41) is 1.11. The second-order valence-corrected chi connectivity index (χ2v) is 12.8. The molecule has 0 spiro atoms. The molecule has 1 unspecified atom stereocenters. The van der Waals surface area contributed by atoms with Crippen molar-refractivity contribution in [2.45, 2.75) is 37.4 Å². The van der Waals surface area contributed by atoms with E-state index in [4.69, 9.17) is 16.3 Å². The van der Waals surface area contributed by atoms with Gasteiger partial charge in [-0.2, -0.15) is 4.98 Å². The number of halogens is 4. The van der Waals surface area contributed by atoms with E-state index in [1.54, 1.807) is 42.1 Å². The Kier molecular flexibility index (Phi) is 7.92. The summed E-state index contributed by atoms with van der Waals surface area (Å²) in [5.41, 5.74) is 0.110. The molecule has 0 saturated carbocycles. The Morgan fingerprint density at radius 1 is 1.17 bits per heavy atom. The van der Waals surface area contributed by atoms with E-state index >= 15 is 8.78 Å². The molecule has 0 radical (unpaired) electrons. The van der Waals surface area contributed by atoms with Crippen molar-refractivity contribution in [3.05, 3.63) is 65.8 Å². The van der Waals surface area contributed by atoms with Gasteiger partial charge in [-0.05, 0) is 56.3 Å². The van der Waals surface area contributed by atoms with Crippen molar-refractivity contribution in [1.82, 2.24) is 24.8 Å². The number of alkyl halides is 1. The summed E-state index contributed by atoms with van der Waals surface area (Å²) in [4.78, 5) is 29.7. The lowest BCUT2D eigenvalue weighted by molar-refractivity contribution is -0.405. The van der Waals surface area contributed by atoms with Gasteiger partial charge < -0.3 is 9.64 Å². The minimum absolute atomic E-state index is 0.0133. The van der Waals surface area contributed by atoms with E-state index in [0.717, 1.165) is 38.8 Å². The highest BCUT2D eigenvalue weighted by Crippen LogP contribution is 2.40. The van der Waals surface area contributed by atoms with Crippen LogP contribution in [0.1, 0.15) is 25.7 Å². The second kappa shape index (κ2) is 11.9. The average molecular weight is 650 g/mol. The van der Waals surface area contributed by atoms with Gasteiger partial charge in [-0.1, -0.05) is 42.4 Å². The predicted molar refractivity (Wildman–Crippen MR) is 171 cm³/mol. The molecule has 3 aliphatic heterocycles.